The normalized spacial score (nSPS) is 12.1. The van der Waals surface area contributed by atoms with Crippen LogP contribution in [0.4, 0.5) is 0 Å². The maximum absolute atomic E-state index is 11.6. The van der Waals surface area contributed by atoms with Crippen LogP contribution in [-0.4, -0.2) is 33.7 Å². The van der Waals surface area contributed by atoms with Crippen molar-refractivity contribution in [3.63, 3.8) is 0 Å². The van der Waals surface area contributed by atoms with Crippen LogP contribution in [0.5, 0.6) is 0 Å². The first-order valence-electron chi connectivity index (χ1n) is 5.07. The number of aromatic amines is 1. The molecule has 0 aliphatic carbocycles. The topological polar surface area (TPSA) is 95.1 Å². The number of rotatable bonds is 5. The van der Waals surface area contributed by atoms with E-state index < -0.39 is 11.9 Å². The van der Waals surface area contributed by atoms with E-state index in [9.17, 15) is 9.59 Å². The van der Waals surface area contributed by atoms with Gasteiger partial charge in [-0.3, -0.25) is 14.7 Å². The molecule has 1 unspecified atom stereocenters. The van der Waals surface area contributed by atoms with E-state index in [0.29, 0.717) is 17.7 Å². The summed E-state index contributed by atoms with van der Waals surface area (Å²) in [5, 5.41) is 17.7. The average molecular weight is 225 g/mol. The molecule has 1 atom stereocenters. The van der Waals surface area contributed by atoms with Crippen LogP contribution in [0.15, 0.2) is 6.20 Å². The van der Waals surface area contributed by atoms with Gasteiger partial charge in [0.1, 0.15) is 0 Å². The van der Waals surface area contributed by atoms with Crippen LogP contribution < -0.4 is 5.32 Å². The van der Waals surface area contributed by atoms with E-state index in [1.807, 2.05) is 0 Å². The Kier molecular flexibility index (Phi) is 4.04. The van der Waals surface area contributed by atoms with Crippen molar-refractivity contribution in [1.82, 2.24) is 15.5 Å². The lowest BCUT2D eigenvalue weighted by Gasteiger charge is -2.10. The third-order valence-electron chi connectivity index (χ3n) is 2.43. The van der Waals surface area contributed by atoms with Gasteiger partial charge in [0.25, 0.3) is 5.91 Å². The molecule has 0 aliphatic rings. The van der Waals surface area contributed by atoms with Gasteiger partial charge in [-0.05, 0) is 13.3 Å². The van der Waals surface area contributed by atoms with Crippen LogP contribution in [0.1, 0.15) is 29.4 Å². The maximum atomic E-state index is 11.6. The summed E-state index contributed by atoms with van der Waals surface area (Å²) in [4.78, 5) is 22.3. The lowest BCUT2D eigenvalue weighted by Crippen LogP contribution is -2.32. The van der Waals surface area contributed by atoms with Crippen LogP contribution in [0, 0.1) is 12.8 Å². The molecule has 88 valence electrons. The molecule has 6 heteroatoms. The number of nitrogens with zero attached hydrogens (tertiary/aromatic N) is 1. The van der Waals surface area contributed by atoms with Crippen LogP contribution >= 0.6 is 0 Å². The largest absolute Gasteiger partial charge is 0.481 e. The lowest BCUT2D eigenvalue weighted by atomic mass is 10.1. The Morgan fingerprint density at radius 2 is 2.31 bits per heavy atom. The van der Waals surface area contributed by atoms with Gasteiger partial charge in [-0.2, -0.15) is 5.10 Å². The lowest BCUT2D eigenvalue weighted by molar-refractivity contribution is -0.141. The molecule has 0 saturated heterocycles. The van der Waals surface area contributed by atoms with Gasteiger partial charge >= 0.3 is 5.97 Å². The first-order valence-corrected chi connectivity index (χ1v) is 5.07. The zero-order valence-electron chi connectivity index (χ0n) is 9.28. The van der Waals surface area contributed by atoms with Crippen LogP contribution in [-0.2, 0) is 4.79 Å². The number of hydrogen-bond donors (Lipinski definition) is 3. The van der Waals surface area contributed by atoms with Crippen LogP contribution in [0.2, 0.25) is 0 Å². The summed E-state index contributed by atoms with van der Waals surface area (Å²) in [5.41, 5.74) is 1.11. The highest BCUT2D eigenvalue weighted by Crippen LogP contribution is 2.04. The number of amides is 1. The molecule has 1 aromatic heterocycles. The zero-order valence-corrected chi connectivity index (χ0v) is 9.28. The summed E-state index contributed by atoms with van der Waals surface area (Å²) in [6, 6.07) is 0. The summed E-state index contributed by atoms with van der Waals surface area (Å²) in [5.74, 6) is -1.74. The van der Waals surface area contributed by atoms with Crippen molar-refractivity contribution in [3.05, 3.63) is 17.5 Å². The second kappa shape index (κ2) is 5.29. The molecule has 0 fully saturated rings. The summed E-state index contributed by atoms with van der Waals surface area (Å²) in [7, 11) is 0. The summed E-state index contributed by atoms with van der Waals surface area (Å²) in [6.45, 7) is 3.64. The van der Waals surface area contributed by atoms with E-state index in [2.05, 4.69) is 15.5 Å². The number of hydrogen-bond acceptors (Lipinski definition) is 3. The summed E-state index contributed by atoms with van der Waals surface area (Å²) in [6.07, 6.45) is 1.91. The first kappa shape index (κ1) is 12.2. The molecule has 0 bridgehead atoms. The van der Waals surface area contributed by atoms with Gasteiger partial charge in [-0.15, -0.1) is 0 Å². The van der Waals surface area contributed by atoms with Crippen molar-refractivity contribution in [2.45, 2.75) is 20.3 Å². The van der Waals surface area contributed by atoms with Gasteiger partial charge in [-0.1, -0.05) is 6.92 Å². The van der Waals surface area contributed by atoms with E-state index in [1.165, 1.54) is 6.20 Å². The van der Waals surface area contributed by atoms with Crippen molar-refractivity contribution >= 4 is 11.9 Å². The van der Waals surface area contributed by atoms with Gasteiger partial charge in [0.2, 0.25) is 0 Å². The Balaban J connectivity index is 2.53. The average Bonchev–Trinajstić information content (AvgIpc) is 2.64. The smallest absolute Gasteiger partial charge is 0.308 e. The summed E-state index contributed by atoms with van der Waals surface area (Å²) >= 11 is 0. The van der Waals surface area contributed by atoms with Gasteiger partial charge in [-0.25, -0.2) is 0 Å². The Hall–Kier alpha value is -1.85. The number of nitrogens with one attached hydrogen (secondary N) is 2. The molecule has 0 spiro atoms. The fraction of sp³-hybridized carbons (Fsp3) is 0.500. The van der Waals surface area contributed by atoms with Crippen molar-refractivity contribution in [2.75, 3.05) is 6.54 Å². The number of carbonyl (C=O) groups is 2. The number of aromatic nitrogens is 2. The van der Waals surface area contributed by atoms with E-state index in [4.69, 9.17) is 5.11 Å². The van der Waals surface area contributed by atoms with Gasteiger partial charge in [0.05, 0.1) is 17.7 Å². The van der Waals surface area contributed by atoms with Crippen molar-refractivity contribution in [3.8, 4) is 0 Å². The first-order chi connectivity index (χ1) is 7.56. The zero-order chi connectivity index (χ0) is 12.1. The predicted molar refractivity (Wildman–Crippen MR) is 57.1 cm³/mol. The molecule has 1 rings (SSSR count). The minimum atomic E-state index is -0.897. The molecule has 0 saturated carbocycles. The minimum Gasteiger partial charge on any atom is -0.481 e. The van der Waals surface area contributed by atoms with Crippen LogP contribution in [0.25, 0.3) is 0 Å². The molecule has 0 aliphatic heterocycles. The van der Waals surface area contributed by atoms with E-state index in [0.717, 1.165) is 0 Å². The van der Waals surface area contributed by atoms with Crippen LogP contribution in [0.3, 0.4) is 0 Å². The monoisotopic (exact) mass is 225 g/mol. The summed E-state index contributed by atoms with van der Waals surface area (Å²) < 4.78 is 0. The molecule has 1 heterocycles. The quantitative estimate of drug-likeness (QED) is 0.682. The number of H-pyrrole nitrogens is 1. The second-order valence-corrected chi connectivity index (χ2v) is 3.56. The number of carboxylic acids is 1. The van der Waals surface area contributed by atoms with E-state index in [1.54, 1.807) is 13.8 Å². The number of aryl methyl sites for hydroxylation is 1. The van der Waals surface area contributed by atoms with E-state index >= 15 is 0 Å². The highest BCUT2D eigenvalue weighted by Gasteiger charge is 2.17. The Labute approximate surface area is 93.1 Å². The molecule has 16 heavy (non-hydrogen) atoms. The fourth-order valence-electron chi connectivity index (χ4n) is 1.30. The Morgan fingerprint density at radius 1 is 1.62 bits per heavy atom. The number of carboxylic acid groups (broad SMARTS) is 1. The molecule has 1 amide bonds. The van der Waals surface area contributed by atoms with Crippen molar-refractivity contribution < 1.29 is 14.7 Å². The molecule has 3 N–H and O–H groups in total. The molecule has 0 aromatic carbocycles. The molecule has 1 aromatic rings. The van der Waals surface area contributed by atoms with Gasteiger partial charge in [0.15, 0.2) is 0 Å². The number of carbonyl (C=O) groups excluding carboxylic acids is 1. The third-order valence-corrected chi connectivity index (χ3v) is 2.43. The molecule has 6 nitrogen and oxygen atoms in total. The van der Waals surface area contributed by atoms with Gasteiger partial charge < -0.3 is 10.4 Å². The second-order valence-electron chi connectivity index (χ2n) is 3.56. The van der Waals surface area contributed by atoms with Crippen molar-refractivity contribution in [1.29, 1.82) is 0 Å². The molecular weight excluding hydrogens is 210 g/mol. The molecule has 0 radical (unpaired) electrons. The Morgan fingerprint density at radius 3 is 2.75 bits per heavy atom. The maximum Gasteiger partial charge on any atom is 0.308 e. The molecular formula is C10H15N3O3. The fourth-order valence-corrected chi connectivity index (χ4v) is 1.30. The highest BCUT2D eigenvalue weighted by atomic mass is 16.4. The van der Waals surface area contributed by atoms with Crippen molar-refractivity contribution in [2.24, 2.45) is 5.92 Å². The standard InChI is InChI=1S/C10H15N3O3/c1-3-7(10(15)16)4-11-9(14)8-5-12-13-6(8)2/h5,7H,3-4H2,1-2H3,(H,11,14)(H,12,13)(H,15,16). The van der Waals surface area contributed by atoms with E-state index in [-0.39, 0.29) is 12.5 Å². The highest BCUT2D eigenvalue weighted by molar-refractivity contribution is 5.95. The predicted octanol–water partition coefficient (Wildman–Crippen LogP) is 0.559. The van der Waals surface area contributed by atoms with Gasteiger partial charge in [0, 0.05) is 12.2 Å². The number of aliphatic carboxylic acids is 1. The third kappa shape index (κ3) is 2.82. The SMILES string of the molecule is CCC(CNC(=O)c1cn[nH]c1C)C(=O)O. The Bertz CT molecular complexity index is 386. The minimum absolute atomic E-state index is 0.134.